The van der Waals surface area contributed by atoms with Gasteiger partial charge in [-0.05, 0) is 32.8 Å². The Morgan fingerprint density at radius 3 is 2.76 bits per heavy atom. The molecule has 21 heavy (non-hydrogen) atoms. The molecule has 1 aliphatic rings. The van der Waals surface area contributed by atoms with E-state index < -0.39 is 0 Å². The Morgan fingerprint density at radius 1 is 1.33 bits per heavy atom. The highest BCUT2D eigenvalue weighted by atomic mass is 32.1. The van der Waals surface area contributed by atoms with Crippen molar-refractivity contribution >= 4 is 33.1 Å². The van der Waals surface area contributed by atoms with Crippen molar-refractivity contribution in [1.82, 2.24) is 15.1 Å². The Hall–Kier alpha value is -1.95. The minimum absolute atomic E-state index is 0.00342. The number of amides is 1. The molecule has 0 atom stereocenters. The van der Waals surface area contributed by atoms with Crippen LogP contribution in [0.5, 0.6) is 0 Å². The Kier molecular flexibility index (Phi) is 3.41. The number of anilines is 1. The van der Waals surface area contributed by atoms with E-state index in [0.717, 1.165) is 34.4 Å². The number of nitrogens with zero attached hydrogens (tertiary/aromatic N) is 3. The number of rotatable bonds is 1. The fourth-order valence-corrected chi connectivity index (χ4v) is 3.57. The highest BCUT2D eigenvalue weighted by Crippen LogP contribution is 2.35. The SMILES string of the molecule is CC1=CCN(C(=O)c2sc3nnc(C)c(C)c3c2N)CC1. The van der Waals surface area contributed by atoms with Gasteiger partial charge in [0.1, 0.15) is 9.71 Å². The van der Waals surface area contributed by atoms with Crippen LogP contribution in [0, 0.1) is 13.8 Å². The molecule has 1 aliphatic heterocycles. The summed E-state index contributed by atoms with van der Waals surface area (Å²) in [6.45, 7) is 7.37. The van der Waals surface area contributed by atoms with Crippen molar-refractivity contribution in [3.05, 3.63) is 27.8 Å². The van der Waals surface area contributed by atoms with Gasteiger partial charge >= 0.3 is 0 Å². The van der Waals surface area contributed by atoms with Gasteiger partial charge in [0.25, 0.3) is 5.91 Å². The van der Waals surface area contributed by atoms with Gasteiger partial charge in [0.15, 0.2) is 0 Å². The van der Waals surface area contributed by atoms with E-state index in [2.05, 4.69) is 23.2 Å². The topological polar surface area (TPSA) is 72.1 Å². The molecule has 2 aromatic rings. The van der Waals surface area contributed by atoms with Crippen LogP contribution < -0.4 is 5.73 Å². The van der Waals surface area contributed by atoms with Gasteiger partial charge in [0.2, 0.25) is 0 Å². The van der Waals surface area contributed by atoms with Crippen molar-refractivity contribution in [3.63, 3.8) is 0 Å². The third-order valence-corrected chi connectivity index (χ3v) is 5.13. The number of carbonyl (C=O) groups is 1. The molecule has 1 amide bonds. The summed E-state index contributed by atoms with van der Waals surface area (Å²) in [5.41, 5.74) is 9.95. The summed E-state index contributed by atoms with van der Waals surface area (Å²) >= 11 is 1.34. The summed E-state index contributed by atoms with van der Waals surface area (Å²) in [6, 6.07) is 0. The van der Waals surface area contributed by atoms with Crippen LogP contribution in [0.2, 0.25) is 0 Å². The van der Waals surface area contributed by atoms with E-state index >= 15 is 0 Å². The molecule has 0 aliphatic carbocycles. The summed E-state index contributed by atoms with van der Waals surface area (Å²) in [6.07, 6.45) is 3.02. The maximum Gasteiger partial charge on any atom is 0.266 e. The molecule has 3 rings (SSSR count). The van der Waals surface area contributed by atoms with E-state index in [9.17, 15) is 4.79 Å². The van der Waals surface area contributed by atoms with Gasteiger partial charge in [-0.1, -0.05) is 11.6 Å². The first-order chi connectivity index (χ1) is 9.99. The number of hydrogen-bond acceptors (Lipinski definition) is 5. The van der Waals surface area contributed by atoms with E-state index in [0.29, 0.717) is 17.1 Å². The maximum absolute atomic E-state index is 12.7. The molecule has 0 fully saturated rings. The molecule has 0 unspecified atom stereocenters. The molecule has 0 radical (unpaired) electrons. The fraction of sp³-hybridized carbons (Fsp3) is 0.400. The van der Waals surface area contributed by atoms with Crippen molar-refractivity contribution in [3.8, 4) is 0 Å². The van der Waals surface area contributed by atoms with Crippen LogP contribution in [0.1, 0.15) is 34.3 Å². The van der Waals surface area contributed by atoms with Crippen molar-refractivity contribution in [1.29, 1.82) is 0 Å². The highest BCUT2D eigenvalue weighted by Gasteiger charge is 2.24. The van der Waals surface area contributed by atoms with E-state index in [1.807, 2.05) is 18.7 Å². The van der Waals surface area contributed by atoms with Crippen LogP contribution in [-0.4, -0.2) is 34.1 Å². The lowest BCUT2D eigenvalue weighted by atomic mass is 10.1. The van der Waals surface area contributed by atoms with Crippen molar-refractivity contribution in [2.45, 2.75) is 27.2 Å². The molecule has 2 N–H and O–H groups in total. The second-order valence-electron chi connectivity index (χ2n) is 5.49. The Balaban J connectivity index is 2.03. The minimum Gasteiger partial charge on any atom is -0.397 e. The fourth-order valence-electron chi connectivity index (χ4n) is 2.50. The van der Waals surface area contributed by atoms with Gasteiger partial charge in [-0.2, -0.15) is 5.10 Å². The molecule has 110 valence electrons. The summed E-state index contributed by atoms with van der Waals surface area (Å²) in [7, 11) is 0. The Bertz CT molecular complexity index is 763. The number of fused-ring (bicyclic) bond motifs is 1. The number of hydrogen-bond donors (Lipinski definition) is 1. The van der Waals surface area contributed by atoms with Crippen LogP contribution in [0.3, 0.4) is 0 Å². The van der Waals surface area contributed by atoms with Gasteiger partial charge in [0, 0.05) is 18.5 Å². The molecule has 3 heterocycles. The zero-order valence-corrected chi connectivity index (χ0v) is 13.3. The predicted molar refractivity (Wildman–Crippen MR) is 85.6 cm³/mol. The maximum atomic E-state index is 12.7. The van der Waals surface area contributed by atoms with E-state index in [-0.39, 0.29) is 5.91 Å². The molecule has 6 heteroatoms. The first kappa shape index (κ1) is 14.0. The normalized spacial score (nSPS) is 15.4. The number of carbonyl (C=O) groups excluding carboxylic acids is 1. The molecule has 0 aromatic carbocycles. The summed E-state index contributed by atoms with van der Waals surface area (Å²) in [5.74, 6) is -0.00342. The van der Waals surface area contributed by atoms with Crippen LogP contribution in [-0.2, 0) is 0 Å². The third kappa shape index (κ3) is 2.29. The van der Waals surface area contributed by atoms with Crippen LogP contribution >= 0.6 is 11.3 Å². The standard InChI is InChI=1S/C15H18N4OS/c1-8-4-6-19(7-5-8)15(20)13-12(16)11-9(2)10(3)17-18-14(11)21-13/h4H,5-7,16H2,1-3H3. The lowest BCUT2D eigenvalue weighted by molar-refractivity contribution is 0.0775. The average Bonchev–Trinajstić information content (AvgIpc) is 2.81. The van der Waals surface area contributed by atoms with Gasteiger partial charge in [-0.15, -0.1) is 16.4 Å². The smallest absolute Gasteiger partial charge is 0.266 e. The molecule has 0 saturated carbocycles. The number of aromatic nitrogens is 2. The highest BCUT2D eigenvalue weighted by molar-refractivity contribution is 7.21. The van der Waals surface area contributed by atoms with Gasteiger partial charge in [-0.3, -0.25) is 4.79 Å². The quantitative estimate of drug-likeness (QED) is 0.822. The zero-order valence-electron chi connectivity index (χ0n) is 12.4. The number of nitrogen functional groups attached to an aromatic ring is 1. The molecule has 0 bridgehead atoms. The van der Waals surface area contributed by atoms with Crippen molar-refractivity contribution in [2.24, 2.45) is 0 Å². The lowest BCUT2D eigenvalue weighted by Crippen LogP contribution is -2.34. The first-order valence-electron chi connectivity index (χ1n) is 6.95. The number of aryl methyl sites for hydroxylation is 2. The Morgan fingerprint density at radius 2 is 2.10 bits per heavy atom. The second kappa shape index (κ2) is 5.11. The van der Waals surface area contributed by atoms with Gasteiger partial charge < -0.3 is 10.6 Å². The summed E-state index contributed by atoms with van der Waals surface area (Å²) < 4.78 is 0. The average molecular weight is 302 g/mol. The summed E-state index contributed by atoms with van der Waals surface area (Å²) in [5, 5.41) is 9.16. The van der Waals surface area contributed by atoms with Crippen molar-refractivity contribution < 1.29 is 4.79 Å². The van der Waals surface area contributed by atoms with Crippen molar-refractivity contribution in [2.75, 3.05) is 18.8 Å². The molecular weight excluding hydrogens is 284 g/mol. The first-order valence-corrected chi connectivity index (χ1v) is 7.77. The lowest BCUT2D eigenvalue weighted by Gasteiger charge is -2.25. The molecule has 0 spiro atoms. The monoisotopic (exact) mass is 302 g/mol. The molecule has 5 nitrogen and oxygen atoms in total. The Labute approximate surface area is 127 Å². The van der Waals surface area contributed by atoms with Crippen LogP contribution in [0.15, 0.2) is 11.6 Å². The summed E-state index contributed by atoms with van der Waals surface area (Å²) in [4.78, 5) is 15.8. The van der Waals surface area contributed by atoms with Gasteiger partial charge in [0.05, 0.1) is 11.4 Å². The second-order valence-corrected chi connectivity index (χ2v) is 6.49. The largest absolute Gasteiger partial charge is 0.397 e. The van der Waals surface area contributed by atoms with E-state index in [4.69, 9.17) is 5.73 Å². The zero-order chi connectivity index (χ0) is 15.1. The van der Waals surface area contributed by atoms with Gasteiger partial charge in [-0.25, -0.2) is 0 Å². The number of nitrogens with two attached hydrogens (primary N) is 1. The molecule has 0 saturated heterocycles. The van der Waals surface area contributed by atoms with E-state index in [1.165, 1.54) is 16.9 Å². The molecule has 2 aromatic heterocycles. The predicted octanol–water partition coefficient (Wildman–Crippen LogP) is 2.68. The number of thiophene rings is 1. The minimum atomic E-state index is -0.00342. The molecular formula is C15H18N4OS. The van der Waals surface area contributed by atoms with Crippen LogP contribution in [0.25, 0.3) is 10.2 Å². The van der Waals surface area contributed by atoms with Crippen LogP contribution in [0.4, 0.5) is 5.69 Å². The van der Waals surface area contributed by atoms with E-state index in [1.54, 1.807) is 0 Å². The third-order valence-electron chi connectivity index (χ3n) is 4.05.